The van der Waals surface area contributed by atoms with Gasteiger partial charge in [-0.15, -0.1) is 0 Å². The molecule has 5 saturated heterocycles. The van der Waals surface area contributed by atoms with Gasteiger partial charge in [0.05, 0.1) is 6.67 Å². The fourth-order valence-electron chi connectivity index (χ4n) is 8.53. The van der Waals surface area contributed by atoms with Crippen molar-refractivity contribution >= 4 is 0 Å². The Labute approximate surface area is 147 Å². The topological polar surface area (TPSA) is 9.72 Å². The number of fused-ring (bicyclic) bond motifs is 4. The zero-order chi connectivity index (χ0) is 15.7. The van der Waals surface area contributed by atoms with E-state index in [4.69, 9.17) is 0 Å². The van der Waals surface area contributed by atoms with Crippen LogP contribution in [0.1, 0.15) is 64.2 Å². The highest BCUT2D eigenvalue weighted by molar-refractivity contribution is 5.16. The lowest BCUT2D eigenvalue weighted by Gasteiger charge is -2.70. The fraction of sp³-hybridized carbons (Fsp3) is 1.00. The summed E-state index contributed by atoms with van der Waals surface area (Å²) in [5.41, 5.74) is 0.626. The Kier molecular flexibility index (Phi) is 3.40. The molecule has 5 heterocycles. The van der Waals surface area contributed by atoms with E-state index in [0.29, 0.717) is 5.41 Å². The minimum absolute atomic E-state index is 0.626. The van der Waals surface area contributed by atoms with Crippen molar-refractivity contribution in [2.75, 3.05) is 32.8 Å². The van der Waals surface area contributed by atoms with Crippen LogP contribution in [-0.2, 0) is 0 Å². The van der Waals surface area contributed by atoms with Crippen LogP contribution in [-0.4, -0.2) is 65.7 Å². The first kappa shape index (κ1) is 15.0. The molecule has 0 aromatic heterocycles. The summed E-state index contributed by atoms with van der Waals surface area (Å²) < 4.78 is 0. The van der Waals surface area contributed by atoms with Crippen LogP contribution in [0.3, 0.4) is 0 Å². The third-order valence-corrected chi connectivity index (χ3v) is 9.04. The average Bonchev–Trinajstić information content (AvgIpc) is 2.62. The Hall–Kier alpha value is -0.120. The van der Waals surface area contributed by atoms with Crippen LogP contribution in [0.4, 0.5) is 0 Å². The molecule has 0 amide bonds. The zero-order valence-electron chi connectivity index (χ0n) is 15.3. The van der Waals surface area contributed by atoms with E-state index in [9.17, 15) is 0 Å². The van der Waals surface area contributed by atoms with E-state index in [0.717, 1.165) is 30.0 Å². The molecule has 2 bridgehead atoms. The first-order chi connectivity index (χ1) is 11.9. The first-order valence-electron chi connectivity index (χ1n) is 11.1. The van der Waals surface area contributed by atoms with Gasteiger partial charge in [0.1, 0.15) is 0 Å². The predicted molar refractivity (Wildman–Crippen MR) is 96.8 cm³/mol. The molecule has 134 valence electrons. The molecular formula is C21H35N3. The minimum atomic E-state index is 0.626. The lowest BCUT2D eigenvalue weighted by atomic mass is 9.51. The maximum atomic E-state index is 3.00. The fourth-order valence-corrected chi connectivity index (χ4v) is 8.53. The van der Waals surface area contributed by atoms with Gasteiger partial charge >= 0.3 is 0 Å². The highest BCUT2D eigenvalue weighted by atomic mass is 15.4. The van der Waals surface area contributed by atoms with Gasteiger partial charge in [0.2, 0.25) is 0 Å². The van der Waals surface area contributed by atoms with E-state index < -0.39 is 0 Å². The van der Waals surface area contributed by atoms with Crippen LogP contribution in [0, 0.1) is 17.3 Å². The highest BCUT2D eigenvalue weighted by Crippen LogP contribution is 2.59. The summed E-state index contributed by atoms with van der Waals surface area (Å²) in [4.78, 5) is 8.91. The largest absolute Gasteiger partial charge is 0.299 e. The molecule has 0 N–H and O–H groups in total. The molecule has 6 rings (SSSR count). The molecule has 6 fully saturated rings. The molecule has 1 aliphatic carbocycles. The molecule has 6 aliphatic rings. The molecule has 3 nitrogen and oxygen atoms in total. The van der Waals surface area contributed by atoms with Crippen LogP contribution in [0.5, 0.6) is 0 Å². The number of piperidine rings is 4. The van der Waals surface area contributed by atoms with E-state index >= 15 is 0 Å². The van der Waals surface area contributed by atoms with Gasteiger partial charge < -0.3 is 0 Å². The molecule has 1 unspecified atom stereocenters. The van der Waals surface area contributed by atoms with Crippen LogP contribution in [0.2, 0.25) is 0 Å². The average molecular weight is 330 g/mol. The van der Waals surface area contributed by atoms with Gasteiger partial charge in [-0.1, -0.05) is 12.8 Å². The Bertz CT molecular complexity index is 507. The molecule has 0 radical (unpaired) electrons. The summed E-state index contributed by atoms with van der Waals surface area (Å²) in [6, 6.07) is 2.81. The molecule has 24 heavy (non-hydrogen) atoms. The van der Waals surface area contributed by atoms with Crippen molar-refractivity contribution in [2.45, 2.75) is 82.3 Å². The van der Waals surface area contributed by atoms with Crippen LogP contribution in [0.15, 0.2) is 0 Å². The lowest BCUT2D eigenvalue weighted by molar-refractivity contribution is -0.215. The van der Waals surface area contributed by atoms with Crippen molar-refractivity contribution in [3.63, 3.8) is 0 Å². The molecular weight excluding hydrogens is 294 g/mol. The summed E-state index contributed by atoms with van der Waals surface area (Å²) in [7, 11) is 0. The van der Waals surface area contributed by atoms with E-state index in [1.165, 1.54) is 77.8 Å². The zero-order valence-corrected chi connectivity index (χ0v) is 15.3. The van der Waals surface area contributed by atoms with Crippen LogP contribution >= 0.6 is 0 Å². The second kappa shape index (κ2) is 5.44. The van der Waals surface area contributed by atoms with Gasteiger partial charge in [-0.25, -0.2) is 0 Å². The maximum absolute atomic E-state index is 3.00. The van der Waals surface area contributed by atoms with Crippen molar-refractivity contribution in [1.82, 2.24) is 14.7 Å². The van der Waals surface area contributed by atoms with Crippen LogP contribution in [0.25, 0.3) is 0 Å². The van der Waals surface area contributed by atoms with Gasteiger partial charge in [0, 0.05) is 30.1 Å². The number of nitrogens with zero attached hydrogens (tertiary/aromatic N) is 3. The molecule has 0 aromatic carbocycles. The highest BCUT2D eigenvalue weighted by Gasteiger charge is 2.63. The smallest absolute Gasteiger partial charge is 0.0512 e. The standard InChI is InChI=1S/C21H35N3/c1-3-9-22-14-21-13-17(18(22)7-1)12-16-6-5-11-24(20(16)21)15-23-10-4-2-8-19(21)23/h16-20H,1-15H2/t16-,17+,18+,19+,20?,21+/m0/s1. The summed E-state index contributed by atoms with van der Waals surface area (Å²) in [5, 5.41) is 0. The monoisotopic (exact) mass is 329 g/mol. The van der Waals surface area contributed by atoms with Crippen molar-refractivity contribution in [3.05, 3.63) is 0 Å². The molecule has 1 spiro atoms. The summed E-state index contributed by atoms with van der Waals surface area (Å²) in [6.07, 6.45) is 15.1. The number of hydrogen-bond acceptors (Lipinski definition) is 3. The van der Waals surface area contributed by atoms with Gasteiger partial charge in [0.15, 0.2) is 0 Å². The predicted octanol–water partition coefficient (Wildman–Crippen LogP) is 3.16. The summed E-state index contributed by atoms with van der Waals surface area (Å²) in [6.45, 7) is 6.94. The quantitative estimate of drug-likeness (QED) is 0.676. The third-order valence-electron chi connectivity index (χ3n) is 9.04. The van der Waals surface area contributed by atoms with Crippen molar-refractivity contribution in [1.29, 1.82) is 0 Å². The number of rotatable bonds is 0. The van der Waals surface area contributed by atoms with Crippen molar-refractivity contribution in [2.24, 2.45) is 17.3 Å². The Morgan fingerprint density at radius 3 is 2.50 bits per heavy atom. The molecule has 1 saturated carbocycles. The van der Waals surface area contributed by atoms with Gasteiger partial charge in [-0.05, 0) is 82.8 Å². The maximum Gasteiger partial charge on any atom is 0.0512 e. The Morgan fingerprint density at radius 2 is 1.54 bits per heavy atom. The Morgan fingerprint density at radius 1 is 0.708 bits per heavy atom. The lowest BCUT2D eigenvalue weighted by Crippen LogP contribution is -2.77. The van der Waals surface area contributed by atoms with Crippen molar-refractivity contribution < 1.29 is 0 Å². The summed E-state index contributed by atoms with van der Waals surface area (Å²) in [5.74, 6) is 2.06. The third kappa shape index (κ3) is 1.95. The summed E-state index contributed by atoms with van der Waals surface area (Å²) >= 11 is 0. The number of hydrogen-bond donors (Lipinski definition) is 0. The SMILES string of the molecule is C1CCN2C[C@]34C[C@@H](C[C@@H]5CCCN(CN6CCCC[C@@H]63)C54)[C@H]2C1. The Balaban J connectivity index is 1.43. The normalized spacial score (nSPS) is 52.2. The minimum Gasteiger partial charge on any atom is -0.299 e. The van der Waals surface area contributed by atoms with Gasteiger partial charge in [0.25, 0.3) is 0 Å². The van der Waals surface area contributed by atoms with Crippen LogP contribution < -0.4 is 0 Å². The van der Waals surface area contributed by atoms with Crippen molar-refractivity contribution in [3.8, 4) is 0 Å². The first-order valence-corrected chi connectivity index (χ1v) is 11.1. The molecule has 3 heteroatoms. The van der Waals surface area contributed by atoms with E-state index in [1.807, 2.05) is 0 Å². The van der Waals surface area contributed by atoms with E-state index in [1.54, 1.807) is 19.3 Å². The van der Waals surface area contributed by atoms with Gasteiger partial charge in [-0.3, -0.25) is 14.7 Å². The molecule has 6 atom stereocenters. The van der Waals surface area contributed by atoms with E-state index in [2.05, 4.69) is 14.7 Å². The second-order valence-electron chi connectivity index (χ2n) is 10.1. The van der Waals surface area contributed by atoms with E-state index in [-0.39, 0.29) is 0 Å². The second-order valence-corrected chi connectivity index (χ2v) is 10.1. The molecule has 5 aliphatic heterocycles. The van der Waals surface area contributed by atoms with Gasteiger partial charge in [-0.2, -0.15) is 0 Å². The molecule has 0 aromatic rings.